The van der Waals surface area contributed by atoms with E-state index in [0.29, 0.717) is 18.5 Å². The summed E-state index contributed by atoms with van der Waals surface area (Å²) in [5, 5.41) is 8.49. The molecule has 70 valence electrons. The maximum Gasteiger partial charge on any atom is 0.303 e. The van der Waals surface area contributed by atoms with Crippen LogP contribution < -0.4 is 0 Å². The van der Waals surface area contributed by atoms with Crippen molar-refractivity contribution >= 4 is 5.97 Å². The Morgan fingerprint density at radius 3 is 2.67 bits per heavy atom. The van der Waals surface area contributed by atoms with Crippen molar-refractivity contribution in [3.05, 3.63) is 0 Å². The van der Waals surface area contributed by atoms with Crippen LogP contribution >= 0.6 is 0 Å². The molecule has 0 aromatic carbocycles. The van der Waals surface area contributed by atoms with E-state index in [4.69, 9.17) is 5.11 Å². The first kappa shape index (κ1) is 9.52. The van der Waals surface area contributed by atoms with Crippen LogP contribution in [-0.4, -0.2) is 34.6 Å². The zero-order valence-corrected chi connectivity index (χ0v) is 7.79. The third-order valence-electron chi connectivity index (χ3n) is 2.54. The zero-order valence-electron chi connectivity index (χ0n) is 7.79. The van der Waals surface area contributed by atoms with E-state index in [1.54, 1.807) is 0 Å². The number of hydrogen-bond donors (Lipinski definition) is 1. The minimum atomic E-state index is -0.675. The van der Waals surface area contributed by atoms with E-state index < -0.39 is 5.97 Å². The first-order valence-electron chi connectivity index (χ1n) is 4.59. The van der Waals surface area contributed by atoms with E-state index in [0.717, 1.165) is 13.0 Å². The second-order valence-corrected chi connectivity index (χ2v) is 3.71. The fourth-order valence-electron chi connectivity index (χ4n) is 1.74. The first-order chi connectivity index (χ1) is 5.61. The molecule has 3 heteroatoms. The number of carboxylic acids is 1. The van der Waals surface area contributed by atoms with Gasteiger partial charge < -0.3 is 5.11 Å². The van der Waals surface area contributed by atoms with Crippen LogP contribution in [0.15, 0.2) is 0 Å². The highest BCUT2D eigenvalue weighted by Crippen LogP contribution is 2.23. The molecule has 0 saturated carbocycles. The minimum absolute atomic E-state index is 0.313. The monoisotopic (exact) mass is 171 g/mol. The van der Waals surface area contributed by atoms with Gasteiger partial charge in [0, 0.05) is 25.0 Å². The Balaban J connectivity index is 2.21. The number of likely N-dealkylation sites (tertiary alicyclic amines) is 1. The highest BCUT2D eigenvalue weighted by molar-refractivity contribution is 5.66. The molecule has 0 aromatic heterocycles. The summed E-state index contributed by atoms with van der Waals surface area (Å²) >= 11 is 0. The lowest BCUT2D eigenvalue weighted by atomic mass is 9.96. The smallest absolute Gasteiger partial charge is 0.303 e. The number of rotatable bonds is 4. The number of nitrogens with zero attached hydrogens (tertiary/aromatic N) is 1. The van der Waals surface area contributed by atoms with Crippen LogP contribution in [0.1, 0.15) is 33.1 Å². The average molecular weight is 171 g/mol. The normalized spacial score (nSPS) is 24.1. The second kappa shape index (κ2) is 3.90. The van der Waals surface area contributed by atoms with Crippen LogP contribution in [0, 0.1) is 0 Å². The molecule has 1 unspecified atom stereocenters. The van der Waals surface area contributed by atoms with Gasteiger partial charge >= 0.3 is 5.97 Å². The number of hydrogen-bond acceptors (Lipinski definition) is 2. The summed E-state index contributed by atoms with van der Waals surface area (Å²) in [5.41, 5.74) is 0. The lowest BCUT2D eigenvalue weighted by Gasteiger charge is -2.44. The molecule has 1 N–H and O–H groups in total. The molecule has 0 bridgehead atoms. The Morgan fingerprint density at radius 1 is 1.67 bits per heavy atom. The summed E-state index contributed by atoms with van der Waals surface area (Å²) in [4.78, 5) is 12.7. The van der Waals surface area contributed by atoms with Gasteiger partial charge in [0.2, 0.25) is 0 Å². The molecule has 1 rings (SSSR count). The molecule has 1 aliphatic rings. The molecule has 1 fully saturated rings. The van der Waals surface area contributed by atoms with Crippen LogP contribution in [0.25, 0.3) is 0 Å². The lowest BCUT2D eigenvalue weighted by Crippen LogP contribution is -2.51. The Bertz CT molecular complexity index is 168. The molecule has 1 atom stereocenters. The fraction of sp³-hybridized carbons (Fsp3) is 0.889. The maximum absolute atomic E-state index is 10.3. The summed E-state index contributed by atoms with van der Waals surface area (Å²) in [6.07, 6.45) is 2.30. The largest absolute Gasteiger partial charge is 0.481 e. The molecule has 3 nitrogen and oxygen atoms in total. The summed E-state index contributed by atoms with van der Waals surface area (Å²) in [5.74, 6) is -0.675. The van der Waals surface area contributed by atoms with E-state index >= 15 is 0 Å². The molecule has 1 heterocycles. The van der Waals surface area contributed by atoms with Gasteiger partial charge in [-0.1, -0.05) is 0 Å². The van der Waals surface area contributed by atoms with Crippen molar-refractivity contribution in [1.29, 1.82) is 0 Å². The van der Waals surface area contributed by atoms with Crippen molar-refractivity contribution in [1.82, 2.24) is 4.90 Å². The standard InChI is InChI=1S/C9H17NO2/c1-7(2)10-6-5-8(10)3-4-9(11)12/h7-8H,3-6H2,1-2H3,(H,11,12). The highest BCUT2D eigenvalue weighted by Gasteiger charge is 2.29. The van der Waals surface area contributed by atoms with E-state index in [1.165, 1.54) is 6.42 Å². The van der Waals surface area contributed by atoms with E-state index in [2.05, 4.69) is 18.7 Å². The van der Waals surface area contributed by atoms with Gasteiger partial charge in [0.05, 0.1) is 0 Å². The van der Waals surface area contributed by atoms with Gasteiger partial charge in [0.15, 0.2) is 0 Å². The molecule has 0 radical (unpaired) electrons. The molecule has 1 saturated heterocycles. The summed E-state index contributed by atoms with van der Waals surface area (Å²) in [6.45, 7) is 5.46. The van der Waals surface area contributed by atoms with Crippen LogP contribution in [0.3, 0.4) is 0 Å². The minimum Gasteiger partial charge on any atom is -0.481 e. The number of aliphatic carboxylic acids is 1. The second-order valence-electron chi connectivity index (χ2n) is 3.71. The third kappa shape index (κ3) is 2.21. The molecule has 0 spiro atoms. The van der Waals surface area contributed by atoms with E-state index in [9.17, 15) is 4.79 Å². The average Bonchev–Trinajstić information content (AvgIpc) is 1.82. The van der Waals surface area contributed by atoms with Crippen LogP contribution in [0.5, 0.6) is 0 Å². The number of carbonyl (C=O) groups is 1. The van der Waals surface area contributed by atoms with Gasteiger partial charge in [-0.2, -0.15) is 0 Å². The Kier molecular flexibility index (Phi) is 3.09. The topological polar surface area (TPSA) is 40.5 Å². The van der Waals surface area contributed by atoms with Crippen molar-refractivity contribution in [3.8, 4) is 0 Å². The quantitative estimate of drug-likeness (QED) is 0.693. The molecule has 12 heavy (non-hydrogen) atoms. The van der Waals surface area contributed by atoms with Crippen LogP contribution in [0.4, 0.5) is 0 Å². The van der Waals surface area contributed by atoms with Crippen molar-refractivity contribution in [2.75, 3.05) is 6.54 Å². The van der Waals surface area contributed by atoms with Crippen molar-refractivity contribution in [2.24, 2.45) is 0 Å². The van der Waals surface area contributed by atoms with Gasteiger partial charge in [-0.25, -0.2) is 0 Å². The van der Waals surface area contributed by atoms with Gasteiger partial charge in [-0.3, -0.25) is 9.69 Å². The first-order valence-corrected chi connectivity index (χ1v) is 4.59. The third-order valence-corrected chi connectivity index (χ3v) is 2.54. The Labute approximate surface area is 73.4 Å². The Hall–Kier alpha value is -0.570. The molecule has 1 aliphatic heterocycles. The molecular formula is C9H17NO2. The van der Waals surface area contributed by atoms with Crippen molar-refractivity contribution in [2.45, 2.75) is 45.2 Å². The SMILES string of the molecule is CC(C)N1CCC1CCC(=O)O. The molecule has 0 amide bonds. The zero-order chi connectivity index (χ0) is 9.14. The highest BCUT2D eigenvalue weighted by atomic mass is 16.4. The fourth-order valence-corrected chi connectivity index (χ4v) is 1.74. The van der Waals surface area contributed by atoms with Gasteiger partial charge in [0.25, 0.3) is 0 Å². The van der Waals surface area contributed by atoms with Gasteiger partial charge in [0.1, 0.15) is 0 Å². The van der Waals surface area contributed by atoms with Crippen molar-refractivity contribution < 1.29 is 9.90 Å². The summed E-state index contributed by atoms with van der Waals surface area (Å²) < 4.78 is 0. The maximum atomic E-state index is 10.3. The lowest BCUT2D eigenvalue weighted by molar-refractivity contribution is -0.137. The molecule has 0 aliphatic carbocycles. The van der Waals surface area contributed by atoms with Crippen LogP contribution in [0.2, 0.25) is 0 Å². The number of carboxylic acid groups (broad SMARTS) is 1. The Morgan fingerprint density at radius 2 is 2.33 bits per heavy atom. The van der Waals surface area contributed by atoms with Crippen molar-refractivity contribution in [3.63, 3.8) is 0 Å². The predicted molar refractivity (Wildman–Crippen MR) is 47.1 cm³/mol. The predicted octanol–water partition coefficient (Wildman–Crippen LogP) is 1.33. The van der Waals surface area contributed by atoms with E-state index in [1.807, 2.05) is 0 Å². The van der Waals surface area contributed by atoms with E-state index in [-0.39, 0.29) is 0 Å². The van der Waals surface area contributed by atoms with Gasteiger partial charge in [-0.15, -0.1) is 0 Å². The summed E-state index contributed by atoms with van der Waals surface area (Å²) in [7, 11) is 0. The van der Waals surface area contributed by atoms with Gasteiger partial charge in [-0.05, 0) is 26.7 Å². The van der Waals surface area contributed by atoms with Crippen LogP contribution in [-0.2, 0) is 4.79 Å². The molecule has 0 aromatic rings. The summed E-state index contributed by atoms with van der Waals surface area (Å²) in [6, 6.07) is 1.10. The molecular weight excluding hydrogens is 154 g/mol.